The fourth-order valence-electron chi connectivity index (χ4n) is 3.31. The summed E-state index contributed by atoms with van der Waals surface area (Å²) >= 11 is 0. The molecule has 0 radical (unpaired) electrons. The Morgan fingerprint density at radius 1 is 1.07 bits per heavy atom. The van der Waals surface area contributed by atoms with E-state index in [1.807, 2.05) is 6.92 Å². The summed E-state index contributed by atoms with van der Waals surface area (Å²) in [7, 11) is 1.77. The summed E-state index contributed by atoms with van der Waals surface area (Å²) in [4.78, 5) is 9.34. The highest BCUT2D eigenvalue weighted by Crippen LogP contribution is 2.12. The lowest BCUT2D eigenvalue weighted by Crippen LogP contribution is -2.49. The smallest absolute Gasteiger partial charge is 0.191 e. The monoisotopic (exact) mass is 393 g/mol. The maximum Gasteiger partial charge on any atom is 0.191 e. The molecular formula is C21H36FN5O. The van der Waals surface area contributed by atoms with Gasteiger partial charge in [0.05, 0.1) is 6.54 Å². The van der Waals surface area contributed by atoms with Crippen LogP contribution >= 0.6 is 0 Å². The van der Waals surface area contributed by atoms with E-state index in [1.54, 1.807) is 19.2 Å². The number of hydrogen-bond acceptors (Lipinski definition) is 4. The minimum atomic E-state index is -0.260. The fraction of sp³-hybridized carbons (Fsp3) is 0.667. The molecule has 1 saturated heterocycles. The van der Waals surface area contributed by atoms with Crippen molar-refractivity contribution in [2.24, 2.45) is 10.9 Å². The standard InChI is InChI=1S/C21H36FN5O/c1-5-26-10-12-27(13-11-26)16-17(2)14-24-21(23-4)25-15-18(3)28-20-8-6-19(22)7-9-20/h6-9,17-18H,5,10-16H2,1-4H3,(H2,23,24,25). The lowest BCUT2D eigenvalue weighted by molar-refractivity contribution is 0.124. The number of guanidine groups is 1. The van der Waals surface area contributed by atoms with Crippen molar-refractivity contribution in [3.05, 3.63) is 30.1 Å². The van der Waals surface area contributed by atoms with E-state index in [2.05, 4.69) is 39.3 Å². The molecule has 1 aliphatic rings. The first-order valence-electron chi connectivity index (χ1n) is 10.3. The predicted octanol–water partition coefficient (Wildman–Crippen LogP) is 2.03. The zero-order valence-electron chi connectivity index (χ0n) is 17.7. The first-order chi connectivity index (χ1) is 13.5. The van der Waals surface area contributed by atoms with Gasteiger partial charge >= 0.3 is 0 Å². The third kappa shape index (κ3) is 8.02. The summed E-state index contributed by atoms with van der Waals surface area (Å²) in [5.41, 5.74) is 0. The Hall–Kier alpha value is -1.86. The van der Waals surface area contributed by atoms with Gasteiger partial charge in [-0.1, -0.05) is 13.8 Å². The van der Waals surface area contributed by atoms with Crippen LogP contribution in [0, 0.1) is 11.7 Å². The molecular weight excluding hydrogens is 357 g/mol. The van der Waals surface area contributed by atoms with Crippen LogP contribution in [0.25, 0.3) is 0 Å². The van der Waals surface area contributed by atoms with Gasteiger partial charge in [-0.05, 0) is 43.7 Å². The number of nitrogens with one attached hydrogen (secondary N) is 2. The van der Waals surface area contributed by atoms with E-state index in [0.29, 0.717) is 18.2 Å². The number of piperazine rings is 1. The molecule has 0 amide bonds. The molecule has 0 aromatic heterocycles. The van der Waals surface area contributed by atoms with Crippen LogP contribution in [-0.4, -0.2) is 81.3 Å². The summed E-state index contributed by atoms with van der Waals surface area (Å²) in [6.45, 7) is 14.9. The minimum absolute atomic E-state index is 0.0590. The van der Waals surface area contributed by atoms with Crippen LogP contribution in [0.4, 0.5) is 4.39 Å². The third-order valence-electron chi connectivity index (χ3n) is 5.03. The SMILES string of the molecule is CCN1CCN(CC(C)CNC(=NC)NCC(C)Oc2ccc(F)cc2)CC1. The number of ether oxygens (including phenoxy) is 1. The summed E-state index contributed by atoms with van der Waals surface area (Å²) in [6.07, 6.45) is -0.0590. The van der Waals surface area contributed by atoms with Crippen LogP contribution in [0.3, 0.4) is 0 Å². The van der Waals surface area contributed by atoms with Gasteiger partial charge in [0.2, 0.25) is 0 Å². The van der Waals surface area contributed by atoms with Crippen LogP contribution < -0.4 is 15.4 Å². The van der Waals surface area contributed by atoms with Crippen LogP contribution in [-0.2, 0) is 0 Å². The molecule has 7 heteroatoms. The molecule has 0 aliphatic carbocycles. The van der Waals surface area contributed by atoms with E-state index >= 15 is 0 Å². The molecule has 2 atom stereocenters. The van der Waals surface area contributed by atoms with Gasteiger partial charge in [0, 0.05) is 46.3 Å². The first kappa shape index (κ1) is 22.4. The summed E-state index contributed by atoms with van der Waals surface area (Å²) in [5, 5.41) is 6.69. The third-order valence-corrected chi connectivity index (χ3v) is 5.03. The summed E-state index contributed by atoms with van der Waals surface area (Å²) in [6, 6.07) is 6.08. The Morgan fingerprint density at radius 3 is 2.29 bits per heavy atom. The molecule has 28 heavy (non-hydrogen) atoms. The maximum absolute atomic E-state index is 13.0. The fourth-order valence-corrected chi connectivity index (χ4v) is 3.31. The molecule has 1 fully saturated rings. The second-order valence-corrected chi connectivity index (χ2v) is 7.56. The number of aliphatic imine (C=N–C) groups is 1. The molecule has 1 heterocycles. The molecule has 2 rings (SSSR count). The molecule has 6 nitrogen and oxygen atoms in total. The molecule has 1 aromatic rings. The van der Waals surface area contributed by atoms with Crippen molar-refractivity contribution < 1.29 is 9.13 Å². The highest BCUT2D eigenvalue weighted by atomic mass is 19.1. The Bertz CT molecular complexity index is 587. The van der Waals surface area contributed by atoms with E-state index in [9.17, 15) is 4.39 Å². The lowest BCUT2D eigenvalue weighted by atomic mass is 10.1. The Kier molecular flexibility index (Phi) is 9.50. The van der Waals surface area contributed by atoms with Crippen LogP contribution in [0.5, 0.6) is 5.75 Å². The zero-order valence-corrected chi connectivity index (χ0v) is 17.7. The maximum atomic E-state index is 13.0. The van der Waals surface area contributed by atoms with Gasteiger partial charge in [-0.25, -0.2) is 4.39 Å². The number of likely N-dealkylation sites (N-methyl/N-ethyl adjacent to an activating group) is 1. The number of hydrogen-bond donors (Lipinski definition) is 2. The Labute approximate surface area is 169 Å². The highest BCUT2D eigenvalue weighted by molar-refractivity contribution is 5.79. The number of halogens is 1. The highest BCUT2D eigenvalue weighted by Gasteiger charge is 2.17. The second-order valence-electron chi connectivity index (χ2n) is 7.56. The molecule has 0 spiro atoms. The normalized spacial score (nSPS) is 18.5. The van der Waals surface area contributed by atoms with Gasteiger partial charge in [0.1, 0.15) is 17.7 Å². The summed E-state index contributed by atoms with van der Waals surface area (Å²) < 4.78 is 18.7. The van der Waals surface area contributed by atoms with Crippen molar-refractivity contribution in [1.82, 2.24) is 20.4 Å². The lowest BCUT2D eigenvalue weighted by Gasteiger charge is -2.35. The molecule has 158 valence electrons. The van der Waals surface area contributed by atoms with Gasteiger partial charge in [0.25, 0.3) is 0 Å². The minimum Gasteiger partial charge on any atom is -0.489 e. The number of nitrogens with zero attached hydrogens (tertiary/aromatic N) is 3. The second kappa shape index (κ2) is 11.9. The molecule has 1 aromatic carbocycles. The molecule has 0 bridgehead atoms. The average Bonchev–Trinajstić information content (AvgIpc) is 2.70. The van der Waals surface area contributed by atoms with Crippen molar-refractivity contribution in [2.75, 3.05) is 59.4 Å². The number of rotatable bonds is 9. The van der Waals surface area contributed by atoms with Crippen molar-refractivity contribution in [3.8, 4) is 5.75 Å². The van der Waals surface area contributed by atoms with Crippen molar-refractivity contribution >= 4 is 5.96 Å². The predicted molar refractivity (Wildman–Crippen MR) is 114 cm³/mol. The van der Waals surface area contributed by atoms with Crippen LogP contribution in [0.1, 0.15) is 20.8 Å². The summed E-state index contributed by atoms with van der Waals surface area (Å²) in [5.74, 6) is 1.72. The largest absolute Gasteiger partial charge is 0.489 e. The van der Waals surface area contributed by atoms with Gasteiger partial charge < -0.3 is 25.2 Å². The van der Waals surface area contributed by atoms with E-state index in [1.165, 1.54) is 25.2 Å². The topological polar surface area (TPSA) is 52.1 Å². The molecule has 2 N–H and O–H groups in total. The van der Waals surface area contributed by atoms with E-state index in [0.717, 1.165) is 38.7 Å². The quantitative estimate of drug-likeness (QED) is 0.497. The van der Waals surface area contributed by atoms with Gasteiger partial charge in [-0.3, -0.25) is 4.99 Å². The first-order valence-corrected chi connectivity index (χ1v) is 10.3. The van der Waals surface area contributed by atoms with E-state index < -0.39 is 0 Å². The zero-order chi connectivity index (χ0) is 20.4. The van der Waals surface area contributed by atoms with Crippen LogP contribution in [0.2, 0.25) is 0 Å². The van der Waals surface area contributed by atoms with Gasteiger partial charge in [-0.2, -0.15) is 0 Å². The number of benzene rings is 1. The Balaban J connectivity index is 1.64. The molecule has 1 aliphatic heterocycles. The van der Waals surface area contributed by atoms with E-state index in [-0.39, 0.29) is 11.9 Å². The van der Waals surface area contributed by atoms with Gasteiger partial charge in [0.15, 0.2) is 5.96 Å². The van der Waals surface area contributed by atoms with Crippen molar-refractivity contribution in [2.45, 2.75) is 26.9 Å². The molecule has 0 saturated carbocycles. The van der Waals surface area contributed by atoms with Crippen molar-refractivity contribution in [3.63, 3.8) is 0 Å². The van der Waals surface area contributed by atoms with E-state index in [4.69, 9.17) is 4.74 Å². The van der Waals surface area contributed by atoms with Crippen molar-refractivity contribution in [1.29, 1.82) is 0 Å². The molecule has 2 unspecified atom stereocenters. The Morgan fingerprint density at radius 2 is 1.68 bits per heavy atom. The van der Waals surface area contributed by atoms with Gasteiger partial charge in [-0.15, -0.1) is 0 Å². The average molecular weight is 394 g/mol. The van der Waals surface area contributed by atoms with Crippen LogP contribution in [0.15, 0.2) is 29.3 Å².